The number of nitrogens with zero attached hydrogens (tertiary/aromatic N) is 6. The molecular formula is C34H45F3N6O9. The number of ether oxygens (including phenoxy) is 4. The maximum atomic E-state index is 14.1. The monoisotopic (exact) mass is 738 g/mol. The molecule has 0 bridgehead atoms. The van der Waals surface area contributed by atoms with Crippen LogP contribution in [-0.2, 0) is 28.6 Å². The van der Waals surface area contributed by atoms with Crippen molar-refractivity contribution in [2.75, 3.05) is 52.6 Å². The van der Waals surface area contributed by atoms with Crippen LogP contribution >= 0.6 is 0 Å². The second-order valence-electron chi connectivity index (χ2n) is 14.5. The van der Waals surface area contributed by atoms with E-state index in [0.717, 1.165) is 17.8 Å². The van der Waals surface area contributed by atoms with Gasteiger partial charge in [-0.1, -0.05) is 10.4 Å². The standard InChI is InChI=1S/C34H45F3N6O9/c1-34(2,3)51-33(47)42-6-4-19(5-7-42)24-14-21(52-39-24)15-26-32(49-18-28(45)41-8-10-48-11-9-41)30(31(46)27(17-44)50-26)43-16-25(38-40-43)20-12-22(35)29(37)23(36)13-20/h12-13,16,19,21,26-27,30-32,44,46H,4-11,14-15,17-18H2,1-3H3/t21?,26-,27-,30+,31+,32+/m1/s1. The largest absolute Gasteiger partial charge is 0.444 e. The van der Waals surface area contributed by atoms with Gasteiger partial charge in [0, 0.05) is 50.5 Å². The molecule has 5 heterocycles. The van der Waals surface area contributed by atoms with E-state index < -0.39 is 66.2 Å². The number of aromatic nitrogens is 3. The van der Waals surface area contributed by atoms with Crippen molar-refractivity contribution in [2.45, 2.75) is 88.6 Å². The van der Waals surface area contributed by atoms with Crippen LogP contribution in [0.15, 0.2) is 23.5 Å². The molecule has 4 aliphatic heterocycles. The third-order valence-electron chi connectivity index (χ3n) is 9.69. The predicted octanol–water partition coefficient (Wildman–Crippen LogP) is 2.45. The zero-order valence-electron chi connectivity index (χ0n) is 29.3. The highest BCUT2D eigenvalue weighted by atomic mass is 19.2. The Hall–Kier alpha value is -3.84. The summed E-state index contributed by atoms with van der Waals surface area (Å²) in [6.07, 6.45) is -1.95. The number of halogens is 3. The van der Waals surface area contributed by atoms with Gasteiger partial charge in [0.15, 0.2) is 17.5 Å². The Balaban J connectivity index is 1.18. The number of hydrogen-bond acceptors (Lipinski definition) is 12. The summed E-state index contributed by atoms with van der Waals surface area (Å²) in [5.41, 5.74) is 0.136. The Labute approximate surface area is 298 Å². The predicted molar refractivity (Wildman–Crippen MR) is 175 cm³/mol. The molecule has 6 atom stereocenters. The van der Waals surface area contributed by atoms with Crippen LogP contribution in [0.5, 0.6) is 0 Å². The number of carbonyl (C=O) groups is 2. The normalized spacial score (nSPS) is 27.3. The van der Waals surface area contributed by atoms with E-state index in [2.05, 4.69) is 15.5 Å². The molecule has 52 heavy (non-hydrogen) atoms. The van der Waals surface area contributed by atoms with Crippen LogP contribution in [0.3, 0.4) is 0 Å². The molecule has 15 nitrogen and oxygen atoms in total. The maximum Gasteiger partial charge on any atom is 0.410 e. The summed E-state index contributed by atoms with van der Waals surface area (Å²) in [5.74, 6) is -4.67. The number of piperidine rings is 1. The maximum absolute atomic E-state index is 14.1. The van der Waals surface area contributed by atoms with E-state index in [0.29, 0.717) is 58.7 Å². The Kier molecular flexibility index (Phi) is 11.7. The number of oxime groups is 1. The molecule has 3 fully saturated rings. The molecule has 1 unspecified atom stereocenters. The van der Waals surface area contributed by atoms with Gasteiger partial charge >= 0.3 is 6.09 Å². The topological polar surface area (TPSA) is 170 Å². The minimum absolute atomic E-state index is 0.0217. The van der Waals surface area contributed by atoms with Crippen LogP contribution in [0.1, 0.15) is 52.5 Å². The van der Waals surface area contributed by atoms with Crippen molar-refractivity contribution in [3.8, 4) is 11.3 Å². The average molecular weight is 739 g/mol. The van der Waals surface area contributed by atoms with Gasteiger partial charge in [0.05, 0.1) is 37.8 Å². The first-order valence-corrected chi connectivity index (χ1v) is 17.5. The number of amides is 2. The van der Waals surface area contributed by atoms with E-state index in [1.807, 2.05) is 20.8 Å². The number of likely N-dealkylation sites (tertiary alicyclic amines) is 1. The fourth-order valence-electron chi connectivity index (χ4n) is 7.00. The number of rotatable bonds is 9. The first kappa shape index (κ1) is 37.9. The molecule has 0 saturated carbocycles. The lowest BCUT2D eigenvalue weighted by molar-refractivity contribution is -0.225. The minimum Gasteiger partial charge on any atom is -0.444 e. The summed E-state index contributed by atoms with van der Waals surface area (Å²) in [7, 11) is 0. The zero-order valence-corrected chi connectivity index (χ0v) is 29.3. The van der Waals surface area contributed by atoms with E-state index in [9.17, 15) is 33.0 Å². The van der Waals surface area contributed by atoms with Gasteiger partial charge in [-0.2, -0.15) is 0 Å². The summed E-state index contributed by atoms with van der Waals surface area (Å²) in [4.78, 5) is 34.9. The Bertz CT molecular complexity index is 1590. The first-order valence-electron chi connectivity index (χ1n) is 17.5. The zero-order chi connectivity index (χ0) is 37.2. The molecule has 3 saturated heterocycles. The van der Waals surface area contributed by atoms with Crippen molar-refractivity contribution >= 4 is 17.7 Å². The van der Waals surface area contributed by atoms with E-state index in [1.54, 1.807) is 9.80 Å². The van der Waals surface area contributed by atoms with Gasteiger partial charge in [-0.15, -0.1) is 5.10 Å². The van der Waals surface area contributed by atoms with E-state index in [-0.39, 0.29) is 42.2 Å². The fraction of sp³-hybridized carbons (Fsp3) is 0.676. The Morgan fingerprint density at radius 1 is 1.02 bits per heavy atom. The van der Waals surface area contributed by atoms with Crippen LogP contribution in [0.2, 0.25) is 0 Å². The van der Waals surface area contributed by atoms with Crippen LogP contribution in [0.25, 0.3) is 11.3 Å². The number of carbonyl (C=O) groups excluding carboxylic acids is 2. The van der Waals surface area contributed by atoms with Gasteiger partial charge in [-0.25, -0.2) is 22.6 Å². The lowest BCUT2D eigenvalue weighted by Gasteiger charge is -2.44. The van der Waals surface area contributed by atoms with Crippen molar-refractivity contribution in [3.63, 3.8) is 0 Å². The molecule has 1 aromatic carbocycles. The van der Waals surface area contributed by atoms with Crippen molar-refractivity contribution < 1.29 is 56.8 Å². The molecule has 2 N–H and O–H groups in total. The SMILES string of the molecule is CC(C)(C)OC(=O)N1CCC(C2=NOC(C[C@H]3O[C@H](CO)[C@H](O)[C@H](n4cc(-c5cc(F)c(F)c(F)c5)nn4)[C@H]3OCC(=O)N3CCOCC3)C2)CC1. The molecule has 0 radical (unpaired) electrons. The number of benzene rings is 1. The summed E-state index contributed by atoms with van der Waals surface area (Å²) in [6, 6.07) is 0.458. The van der Waals surface area contributed by atoms with E-state index in [4.69, 9.17) is 23.8 Å². The molecule has 1 aromatic heterocycles. The number of aliphatic hydroxyl groups excluding tert-OH is 2. The van der Waals surface area contributed by atoms with Crippen LogP contribution < -0.4 is 0 Å². The number of aliphatic hydroxyl groups is 2. The summed E-state index contributed by atoms with van der Waals surface area (Å²) in [5, 5.41) is 34.2. The third-order valence-corrected chi connectivity index (χ3v) is 9.69. The smallest absolute Gasteiger partial charge is 0.410 e. The van der Waals surface area contributed by atoms with E-state index in [1.165, 1.54) is 10.9 Å². The number of hydrogen-bond donors (Lipinski definition) is 2. The average Bonchev–Trinajstić information content (AvgIpc) is 3.80. The Morgan fingerprint density at radius 2 is 1.71 bits per heavy atom. The lowest BCUT2D eigenvalue weighted by atomic mass is 9.86. The second kappa shape index (κ2) is 16.0. The van der Waals surface area contributed by atoms with Crippen molar-refractivity contribution in [1.29, 1.82) is 0 Å². The highest BCUT2D eigenvalue weighted by Gasteiger charge is 2.49. The van der Waals surface area contributed by atoms with Crippen molar-refractivity contribution in [3.05, 3.63) is 35.8 Å². The number of morpholine rings is 1. The quantitative estimate of drug-likeness (QED) is 0.363. The van der Waals surface area contributed by atoms with Gasteiger partial charge in [0.2, 0.25) is 5.91 Å². The highest BCUT2D eigenvalue weighted by Crippen LogP contribution is 2.37. The van der Waals surface area contributed by atoms with Crippen molar-refractivity contribution in [1.82, 2.24) is 24.8 Å². The molecule has 6 rings (SSSR count). The third kappa shape index (κ3) is 8.68. The second-order valence-corrected chi connectivity index (χ2v) is 14.5. The molecule has 18 heteroatoms. The summed E-state index contributed by atoms with van der Waals surface area (Å²) in [6.45, 7) is 7.07. The van der Waals surface area contributed by atoms with Crippen LogP contribution in [-0.4, -0.2) is 141 Å². The fourth-order valence-corrected chi connectivity index (χ4v) is 7.00. The Morgan fingerprint density at radius 3 is 2.37 bits per heavy atom. The molecule has 286 valence electrons. The molecule has 2 aromatic rings. The van der Waals surface area contributed by atoms with Gasteiger partial charge in [-0.05, 0) is 45.7 Å². The molecule has 2 amide bonds. The van der Waals surface area contributed by atoms with E-state index >= 15 is 0 Å². The van der Waals surface area contributed by atoms with Gasteiger partial charge in [0.1, 0.15) is 48.4 Å². The molecule has 4 aliphatic rings. The van der Waals surface area contributed by atoms with Gasteiger partial charge < -0.3 is 43.8 Å². The van der Waals surface area contributed by atoms with Crippen molar-refractivity contribution in [2.24, 2.45) is 11.1 Å². The first-order chi connectivity index (χ1) is 24.8. The highest BCUT2D eigenvalue weighted by molar-refractivity contribution is 5.88. The summed E-state index contributed by atoms with van der Waals surface area (Å²) >= 11 is 0. The minimum atomic E-state index is -1.63. The molecule has 0 aliphatic carbocycles. The molecule has 0 spiro atoms. The van der Waals surface area contributed by atoms with Crippen LogP contribution in [0, 0.1) is 23.4 Å². The van der Waals surface area contributed by atoms with Gasteiger partial charge in [0.25, 0.3) is 0 Å². The lowest BCUT2D eigenvalue weighted by Crippen LogP contribution is -2.58. The van der Waals surface area contributed by atoms with Gasteiger partial charge in [-0.3, -0.25) is 4.79 Å². The summed E-state index contributed by atoms with van der Waals surface area (Å²) < 4.78 is 66.3. The molecular weight excluding hydrogens is 693 g/mol. The van der Waals surface area contributed by atoms with Crippen LogP contribution in [0.4, 0.5) is 18.0 Å².